The molecule has 0 saturated carbocycles. The topological polar surface area (TPSA) is 17.8 Å². The fraction of sp³-hybridized carbons (Fsp3) is 0.0455. The highest BCUT2D eigenvalue weighted by Gasteiger charge is 2.18. The summed E-state index contributed by atoms with van der Waals surface area (Å²) in [5.74, 6) is 0.980. The van der Waals surface area contributed by atoms with Crippen molar-refractivity contribution in [3.05, 3.63) is 91.0 Å². The van der Waals surface area contributed by atoms with Crippen LogP contribution in [0.5, 0.6) is 0 Å². The minimum atomic E-state index is 0.980. The molecular weight excluding hydrogens is 292 g/mol. The van der Waals surface area contributed by atoms with Crippen LogP contribution in [0.3, 0.4) is 0 Å². The molecule has 0 atom stereocenters. The van der Waals surface area contributed by atoms with Crippen molar-refractivity contribution in [2.45, 2.75) is 0 Å². The van der Waals surface area contributed by atoms with Crippen LogP contribution >= 0.6 is 0 Å². The summed E-state index contributed by atoms with van der Waals surface area (Å²) in [5, 5.41) is 0. The average molecular weight is 310 g/mol. The maximum atomic E-state index is 4.99. The lowest BCUT2D eigenvalue weighted by molar-refractivity contribution is 0.933. The van der Waals surface area contributed by atoms with Gasteiger partial charge in [-0.05, 0) is 0 Å². The first kappa shape index (κ1) is 14.5. The smallest absolute Gasteiger partial charge is 0.140 e. The van der Waals surface area contributed by atoms with E-state index in [9.17, 15) is 0 Å². The molecule has 0 aliphatic rings. The van der Waals surface area contributed by atoms with Gasteiger partial charge in [-0.25, -0.2) is 4.98 Å². The Kier molecular flexibility index (Phi) is 3.72. The van der Waals surface area contributed by atoms with Crippen molar-refractivity contribution in [2.75, 3.05) is 0 Å². The third kappa shape index (κ3) is 2.52. The van der Waals surface area contributed by atoms with Crippen molar-refractivity contribution in [1.29, 1.82) is 0 Å². The summed E-state index contributed by atoms with van der Waals surface area (Å²) in [4.78, 5) is 4.99. The van der Waals surface area contributed by atoms with E-state index in [1.807, 2.05) is 30.3 Å². The van der Waals surface area contributed by atoms with Gasteiger partial charge in [0.15, 0.2) is 0 Å². The lowest BCUT2D eigenvalue weighted by Gasteiger charge is -2.08. The first-order valence-electron chi connectivity index (χ1n) is 8.07. The number of benzene rings is 3. The Morgan fingerprint density at radius 2 is 1.04 bits per heavy atom. The van der Waals surface area contributed by atoms with Crippen LogP contribution in [0, 0.1) is 0 Å². The molecule has 1 heterocycles. The second-order valence-electron chi connectivity index (χ2n) is 5.79. The van der Waals surface area contributed by atoms with E-state index in [1.165, 1.54) is 5.56 Å². The van der Waals surface area contributed by atoms with Gasteiger partial charge in [-0.1, -0.05) is 91.0 Å². The predicted octanol–water partition coefficient (Wildman–Crippen LogP) is 5.42. The number of hydrogen-bond acceptors (Lipinski definition) is 1. The standard InChI is InChI=1S/C22H18N2/c1-24-21(18-13-7-3-8-14-18)20(17-11-5-2-6-12-17)23-22(24)19-15-9-4-10-16-19/h2-16H,1H3. The second kappa shape index (κ2) is 6.17. The van der Waals surface area contributed by atoms with Gasteiger partial charge in [0.1, 0.15) is 5.82 Å². The Morgan fingerprint density at radius 3 is 1.58 bits per heavy atom. The van der Waals surface area contributed by atoms with Gasteiger partial charge in [-0.2, -0.15) is 0 Å². The summed E-state index contributed by atoms with van der Waals surface area (Å²) in [7, 11) is 2.09. The quantitative estimate of drug-likeness (QED) is 0.494. The van der Waals surface area contributed by atoms with Crippen molar-refractivity contribution in [2.24, 2.45) is 7.05 Å². The van der Waals surface area contributed by atoms with Crippen LogP contribution in [0.25, 0.3) is 33.9 Å². The summed E-state index contributed by atoms with van der Waals surface area (Å²) >= 11 is 0. The fourth-order valence-electron chi connectivity index (χ4n) is 3.07. The van der Waals surface area contributed by atoms with E-state index in [4.69, 9.17) is 4.98 Å². The van der Waals surface area contributed by atoms with E-state index in [0.717, 1.165) is 28.3 Å². The van der Waals surface area contributed by atoms with Crippen LogP contribution in [0.2, 0.25) is 0 Å². The average Bonchev–Trinajstić information content (AvgIpc) is 3.01. The molecule has 1 aromatic heterocycles. The normalized spacial score (nSPS) is 10.7. The van der Waals surface area contributed by atoms with Gasteiger partial charge in [-0.15, -0.1) is 0 Å². The van der Waals surface area contributed by atoms with E-state index >= 15 is 0 Å². The molecule has 0 radical (unpaired) electrons. The van der Waals surface area contributed by atoms with E-state index in [0.29, 0.717) is 0 Å². The molecule has 0 N–H and O–H groups in total. The van der Waals surface area contributed by atoms with Crippen molar-refractivity contribution in [3.63, 3.8) is 0 Å². The van der Waals surface area contributed by atoms with Gasteiger partial charge >= 0.3 is 0 Å². The van der Waals surface area contributed by atoms with Crippen LogP contribution in [-0.4, -0.2) is 9.55 Å². The summed E-state index contributed by atoms with van der Waals surface area (Å²) in [6, 6.07) is 31.2. The zero-order chi connectivity index (χ0) is 16.4. The highest BCUT2D eigenvalue weighted by molar-refractivity contribution is 5.82. The maximum absolute atomic E-state index is 4.99. The maximum Gasteiger partial charge on any atom is 0.140 e. The predicted molar refractivity (Wildman–Crippen MR) is 99.5 cm³/mol. The Morgan fingerprint density at radius 1 is 0.583 bits per heavy atom. The van der Waals surface area contributed by atoms with Crippen molar-refractivity contribution >= 4 is 0 Å². The van der Waals surface area contributed by atoms with E-state index in [-0.39, 0.29) is 0 Å². The molecule has 0 aliphatic heterocycles. The Labute approximate surface area is 142 Å². The Bertz CT molecular complexity index is 939. The first-order valence-corrected chi connectivity index (χ1v) is 8.07. The van der Waals surface area contributed by atoms with Crippen LogP contribution in [0.4, 0.5) is 0 Å². The minimum absolute atomic E-state index is 0.980. The monoisotopic (exact) mass is 310 g/mol. The molecule has 0 bridgehead atoms. The lowest BCUT2D eigenvalue weighted by atomic mass is 10.1. The minimum Gasteiger partial charge on any atom is -0.327 e. The summed E-state index contributed by atoms with van der Waals surface area (Å²) in [6.45, 7) is 0. The molecule has 3 aromatic carbocycles. The molecule has 0 unspecified atom stereocenters. The summed E-state index contributed by atoms with van der Waals surface area (Å²) in [5.41, 5.74) is 5.59. The molecule has 0 fully saturated rings. The molecule has 0 spiro atoms. The number of aromatic nitrogens is 2. The van der Waals surface area contributed by atoms with E-state index in [1.54, 1.807) is 0 Å². The molecule has 0 amide bonds. The number of hydrogen-bond donors (Lipinski definition) is 0. The molecule has 0 aliphatic carbocycles. The SMILES string of the molecule is Cn1c(-c2ccccc2)nc(-c2ccccc2)c1-c1ccccc1. The number of imidazole rings is 1. The number of rotatable bonds is 3. The fourth-order valence-corrected chi connectivity index (χ4v) is 3.07. The van der Waals surface area contributed by atoms with Gasteiger partial charge in [-0.3, -0.25) is 0 Å². The third-order valence-corrected chi connectivity index (χ3v) is 4.22. The van der Waals surface area contributed by atoms with Gasteiger partial charge in [0, 0.05) is 23.7 Å². The summed E-state index contributed by atoms with van der Waals surface area (Å²) < 4.78 is 2.19. The van der Waals surface area contributed by atoms with Crippen molar-refractivity contribution < 1.29 is 0 Å². The highest BCUT2D eigenvalue weighted by Crippen LogP contribution is 2.35. The molecule has 2 nitrogen and oxygen atoms in total. The van der Waals surface area contributed by atoms with Gasteiger partial charge < -0.3 is 4.57 Å². The Hall–Kier alpha value is -3.13. The van der Waals surface area contributed by atoms with Crippen LogP contribution in [0.1, 0.15) is 0 Å². The van der Waals surface area contributed by atoms with E-state index < -0.39 is 0 Å². The summed E-state index contributed by atoms with van der Waals surface area (Å²) in [6.07, 6.45) is 0. The zero-order valence-corrected chi connectivity index (χ0v) is 13.6. The van der Waals surface area contributed by atoms with E-state index in [2.05, 4.69) is 72.3 Å². The molecular formula is C22H18N2. The lowest BCUT2D eigenvalue weighted by Crippen LogP contribution is -1.95. The zero-order valence-electron chi connectivity index (χ0n) is 13.6. The van der Waals surface area contributed by atoms with Gasteiger partial charge in [0.05, 0.1) is 11.4 Å². The third-order valence-electron chi connectivity index (χ3n) is 4.22. The van der Waals surface area contributed by atoms with Crippen LogP contribution in [-0.2, 0) is 7.05 Å². The highest BCUT2D eigenvalue weighted by atomic mass is 15.1. The Balaban J connectivity index is 1.99. The molecule has 4 rings (SSSR count). The van der Waals surface area contributed by atoms with Crippen molar-refractivity contribution in [3.8, 4) is 33.9 Å². The van der Waals surface area contributed by atoms with Gasteiger partial charge in [0.25, 0.3) is 0 Å². The molecule has 2 heteroatoms. The van der Waals surface area contributed by atoms with Crippen molar-refractivity contribution in [1.82, 2.24) is 9.55 Å². The molecule has 0 saturated heterocycles. The van der Waals surface area contributed by atoms with Crippen LogP contribution in [0.15, 0.2) is 91.0 Å². The molecule has 116 valence electrons. The van der Waals surface area contributed by atoms with Gasteiger partial charge in [0.2, 0.25) is 0 Å². The molecule has 4 aromatic rings. The second-order valence-corrected chi connectivity index (χ2v) is 5.79. The first-order chi connectivity index (χ1) is 11.8. The largest absolute Gasteiger partial charge is 0.327 e. The molecule has 24 heavy (non-hydrogen) atoms. The number of nitrogens with zero attached hydrogens (tertiary/aromatic N) is 2. The van der Waals surface area contributed by atoms with Crippen LogP contribution < -0.4 is 0 Å².